The third kappa shape index (κ3) is 4.08. The molecule has 2 N–H and O–H groups in total. The van der Waals surface area contributed by atoms with Crippen molar-refractivity contribution >= 4 is 44.0 Å². The van der Waals surface area contributed by atoms with Crippen LogP contribution in [0.2, 0.25) is 0 Å². The van der Waals surface area contributed by atoms with Gasteiger partial charge in [-0.25, -0.2) is 5.43 Å². The van der Waals surface area contributed by atoms with Crippen molar-refractivity contribution in [2.45, 2.75) is 0 Å². The van der Waals surface area contributed by atoms with Gasteiger partial charge in [-0.3, -0.25) is 4.79 Å². The third-order valence-corrected chi connectivity index (χ3v) is 3.83. The average molecular weight is 428 g/mol. The first-order valence-electron chi connectivity index (χ1n) is 6.16. The molecule has 2 aromatic rings. The van der Waals surface area contributed by atoms with E-state index in [0.29, 0.717) is 21.3 Å². The number of nitrogens with zero attached hydrogens (tertiary/aromatic N) is 1. The second kappa shape index (κ2) is 7.42. The van der Waals surface area contributed by atoms with E-state index in [1.165, 1.54) is 13.3 Å². The zero-order valence-corrected chi connectivity index (χ0v) is 14.7. The van der Waals surface area contributed by atoms with Crippen LogP contribution in [0, 0.1) is 0 Å². The highest BCUT2D eigenvalue weighted by Crippen LogP contribution is 2.34. The number of aromatic hydroxyl groups is 1. The molecule has 7 heteroatoms. The first-order chi connectivity index (χ1) is 10.5. The van der Waals surface area contributed by atoms with Crippen LogP contribution in [-0.4, -0.2) is 24.3 Å². The van der Waals surface area contributed by atoms with Crippen LogP contribution in [-0.2, 0) is 0 Å². The van der Waals surface area contributed by atoms with E-state index in [9.17, 15) is 9.90 Å². The molecule has 1 amide bonds. The highest BCUT2D eigenvalue weighted by atomic mass is 79.9. The molecule has 0 spiro atoms. The molecule has 22 heavy (non-hydrogen) atoms. The fourth-order valence-corrected chi connectivity index (χ4v) is 2.54. The van der Waals surface area contributed by atoms with Crippen LogP contribution in [0.15, 0.2) is 50.4 Å². The predicted octanol–water partition coefficient (Wildman–Crippen LogP) is 3.69. The average Bonchev–Trinajstić information content (AvgIpc) is 2.50. The number of benzene rings is 2. The van der Waals surface area contributed by atoms with Crippen molar-refractivity contribution in [3.8, 4) is 11.5 Å². The van der Waals surface area contributed by atoms with Gasteiger partial charge in [0.05, 0.1) is 17.8 Å². The number of hydrogen-bond acceptors (Lipinski definition) is 4. The van der Waals surface area contributed by atoms with Crippen LogP contribution in [0.5, 0.6) is 11.5 Å². The Kier molecular flexibility index (Phi) is 5.57. The summed E-state index contributed by atoms with van der Waals surface area (Å²) in [4.78, 5) is 11.9. The topological polar surface area (TPSA) is 70.9 Å². The van der Waals surface area contributed by atoms with Gasteiger partial charge in [-0.05, 0) is 51.8 Å². The van der Waals surface area contributed by atoms with Crippen LogP contribution >= 0.6 is 31.9 Å². The summed E-state index contributed by atoms with van der Waals surface area (Å²) in [5, 5.41) is 13.6. The third-order valence-electron chi connectivity index (χ3n) is 2.74. The smallest absolute Gasteiger partial charge is 0.271 e. The van der Waals surface area contributed by atoms with E-state index in [1.54, 1.807) is 30.3 Å². The summed E-state index contributed by atoms with van der Waals surface area (Å²) in [5.74, 6) is 0.00863. The maximum atomic E-state index is 11.9. The summed E-state index contributed by atoms with van der Waals surface area (Å²) in [6.07, 6.45) is 1.46. The van der Waals surface area contributed by atoms with Crippen molar-refractivity contribution in [3.63, 3.8) is 0 Å². The van der Waals surface area contributed by atoms with Crippen molar-refractivity contribution in [1.29, 1.82) is 0 Å². The summed E-state index contributed by atoms with van der Waals surface area (Å²) in [7, 11) is 1.46. The number of halogens is 2. The predicted molar refractivity (Wildman–Crippen MR) is 91.6 cm³/mol. The van der Waals surface area contributed by atoms with Gasteiger partial charge in [0.1, 0.15) is 0 Å². The number of nitrogens with one attached hydrogen (secondary N) is 1. The van der Waals surface area contributed by atoms with Gasteiger partial charge in [-0.2, -0.15) is 5.10 Å². The van der Waals surface area contributed by atoms with Gasteiger partial charge in [0.2, 0.25) is 0 Å². The number of phenolic OH excluding ortho intramolecular Hbond substituents is 1. The first kappa shape index (κ1) is 16.5. The van der Waals surface area contributed by atoms with Crippen molar-refractivity contribution in [2.75, 3.05) is 7.11 Å². The molecule has 0 heterocycles. The molecule has 0 aliphatic rings. The molecule has 5 nitrogen and oxygen atoms in total. The zero-order chi connectivity index (χ0) is 16.1. The molecule has 0 saturated heterocycles. The Morgan fingerprint density at radius 1 is 1.32 bits per heavy atom. The molecule has 0 unspecified atom stereocenters. The molecule has 0 aromatic heterocycles. The van der Waals surface area contributed by atoms with Gasteiger partial charge in [0.15, 0.2) is 11.5 Å². The Morgan fingerprint density at radius 3 is 2.77 bits per heavy atom. The van der Waals surface area contributed by atoms with Crippen molar-refractivity contribution < 1.29 is 14.6 Å². The monoisotopic (exact) mass is 426 g/mol. The minimum Gasteiger partial charge on any atom is -0.503 e. The van der Waals surface area contributed by atoms with E-state index in [2.05, 4.69) is 42.4 Å². The highest BCUT2D eigenvalue weighted by Gasteiger charge is 2.08. The summed E-state index contributed by atoms with van der Waals surface area (Å²) in [6.45, 7) is 0. The molecule has 0 aliphatic carbocycles. The molecular formula is C15H12Br2N2O3. The molecule has 0 bridgehead atoms. The number of ether oxygens (including phenoxy) is 1. The van der Waals surface area contributed by atoms with Gasteiger partial charge < -0.3 is 9.84 Å². The Labute approximate surface area is 144 Å². The van der Waals surface area contributed by atoms with Crippen LogP contribution in [0.1, 0.15) is 15.9 Å². The van der Waals surface area contributed by atoms with E-state index in [-0.39, 0.29) is 11.7 Å². The molecule has 2 aromatic carbocycles. The largest absolute Gasteiger partial charge is 0.503 e. The second-order valence-electron chi connectivity index (χ2n) is 4.26. The lowest BCUT2D eigenvalue weighted by Crippen LogP contribution is -2.17. The summed E-state index contributed by atoms with van der Waals surface area (Å²) in [5.41, 5.74) is 3.60. The lowest BCUT2D eigenvalue weighted by atomic mass is 10.2. The van der Waals surface area contributed by atoms with Crippen molar-refractivity contribution in [2.24, 2.45) is 5.10 Å². The highest BCUT2D eigenvalue weighted by molar-refractivity contribution is 9.10. The Hall–Kier alpha value is -1.86. The van der Waals surface area contributed by atoms with E-state index in [4.69, 9.17) is 4.74 Å². The van der Waals surface area contributed by atoms with Gasteiger partial charge in [-0.1, -0.05) is 22.0 Å². The number of amides is 1. The number of phenols is 1. The first-order valence-corrected chi connectivity index (χ1v) is 7.75. The molecule has 0 aliphatic heterocycles. The number of methoxy groups -OCH3 is 1. The molecule has 0 saturated carbocycles. The number of rotatable bonds is 4. The Morgan fingerprint density at radius 2 is 2.09 bits per heavy atom. The Balaban J connectivity index is 2.10. The maximum Gasteiger partial charge on any atom is 0.271 e. The van der Waals surface area contributed by atoms with Crippen LogP contribution in [0.3, 0.4) is 0 Å². The second-order valence-corrected chi connectivity index (χ2v) is 6.03. The standard InChI is InChI=1S/C15H12Br2N2O3/c1-22-13-6-9(5-12(17)14(13)20)8-18-19-15(21)10-3-2-4-11(16)7-10/h2-8,20H,1H3,(H,19,21). The SMILES string of the molecule is COc1cc(C=NNC(=O)c2cccc(Br)c2)cc(Br)c1O. The fraction of sp³-hybridized carbons (Fsp3) is 0.0667. The number of carbonyl (C=O) groups is 1. The lowest BCUT2D eigenvalue weighted by Gasteiger charge is -2.06. The number of carbonyl (C=O) groups excluding carboxylic acids is 1. The van der Waals surface area contributed by atoms with Gasteiger partial charge in [0.25, 0.3) is 5.91 Å². The van der Waals surface area contributed by atoms with Crippen molar-refractivity contribution in [3.05, 3.63) is 56.5 Å². The molecule has 2 rings (SSSR count). The molecule has 0 radical (unpaired) electrons. The van der Waals surface area contributed by atoms with E-state index < -0.39 is 0 Å². The molecule has 0 atom stereocenters. The molecule has 114 valence electrons. The summed E-state index contributed by atoms with van der Waals surface area (Å²) >= 11 is 6.52. The van der Waals surface area contributed by atoms with E-state index in [1.807, 2.05) is 6.07 Å². The zero-order valence-electron chi connectivity index (χ0n) is 11.5. The minimum absolute atomic E-state index is 0.0119. The summed E-state index contributed by atoms with van der Waals surface area (Å²) in [6, 6.07) is 10.3. The fourth-order valence-electron chi connectivity index (χ4n) is 1.68. The van der Waals surface area contributed by atoms with Crippen LogP contribution in [0.4, 0.5) is 0 Å². The summed E-state index contributed by atoms with van der Waals surface area (Å²) < 4.78 is 6.34. The number of hydrogen-bond donors (Lipinski definition) is 2. The van der Waals surface area contributed by atoms with E-state index in [0.717, 1.165) is 4.47 Å². The van der Waals surface area contributed by atoms with Crippen LogP contribution < -0.4 is 10.2 Å². The van der Waals surface area contributed by atoms with E-state index >= 15 is 0 Å². The van der Waals surface area contributed by atoms with Gasteiger partial charge >= 0.3 is 0 Å². The molecular weight excluding hydrogens is 416 g/mol. The lowest BCUT2D eigenvalue weighted by molar-refractivity contribution is 0.0955. The number of hydrazone groups is 1. The molecule has 0 fully saturated rings. The Bertz CT molecular complexity index is 733. The van der Waals surface area contributed by atoms with Gasteiger partial charge in [-0.15, -0.1) is 0 Å². The normalized spacial score (nSPS) is 10.7. The quantitative estimate of drug-likeness (QED) is 0.577. The van der Waals surface area contributed by atoms with Gasteiger partial charge in [0, 0.05) is 10.0 Å². The van der Waals surface area contributed by atoms with Crippen molar-refractivity contribution in [1.82, 2.24) is 5.43 Å². The maximum absolute atomic E-state index is 11.9. The van der Waals surface area contributed by atoms with Crippen LogP contribution in [0.25, 0.3) is 0 Å². The minimum atomic E-state index is -0.317.